The van der Waals surface area contributed by atoms with Crippen LogP contribution in [0.2, 0.25) is 0 Å². The first-order valence-electron chi connectivity index (χ1n) is 9.01. The molecule has 0 radical (unpaired) electrons. The highest BCUT2D eigenvalue weighted by Crippen LogP contribution is 2.50. The summed E-state index contributed by atoms with van der Waals surface area (Å²) >= 11 is 0. The number of ether oxygens (including phenoxy) is 3. The van der Waals surface area contributed by atoms with Crippen LogP contribution < -0.4 is 14.2 Å². The van der Waals surface area contributed by atoms with Gasteiger partial charge in [0.1, 0.15) is 0 Å². The van der Waals surface area contributed by atoms with Gasteiger partial charge in [0.2, 0.25) is 12.5 Å². The van der Waals surface area contributed by atoms with E-state index in [1.807, 2.05) is 0 Å². The molecule has 0 N–H and O–H groups in total. The van der Waals surface area contributed by atoms with Crippen LogP contribution in [-0.2, 0) is 12.8 Å². The molecule has 0 amide bonds. The van der Waals surface area contributed by atoms with Crippen molar-refractivity contribution in [1.82, 2.24) is 4.90 Å². The molecule has 25 heavy (non-hydrogen) atoms. The van der Waals surface area contributed by atoms with Gasteiger partial charge in [-0.25, -0.2) is 0 Å². The smallest absolute Gasteiger partial charge is 0.231 e. The van der Waals surface area contributed by atoms with Crippen molar-refractivity contribution in [1.29, 1.82) is 0 Å². The Labute approximate surface area is 149 Å². The van der Waals surface area contributed by atoms with Crippen LogP contribution in [-0.4, -0.2) is 32.4 Å². The lowest BCUT2D eigenvalue weighted by Crippen LogP contribution is -2.32. The molecule has 2 aliphatic rings. The molecule has 0 saturated carbocycles. The topological polar surface area (TPSA) is 30.9 Å². The van der Waals surface area contributed by atoms with E-state index in [-0.39, 0.29) is 6.79 Å². The maximum Gasteiger partial charge on any atom is 0.231 e. The number of fused-ring (bicyclic) bond motifs is 2. The van der Waals surface area contributed by atoms with Crippen molar-refractivity contribution >= 4 is 0 Å². The second-order valence-electron chi connectivity index (χ2n) is 6.84. The van der Waals surface area contributed by atoms with Gasteiger partial charge >= 0.3 is 0 Å². The molecule has 4 heteroatoms. The van der Waals surface area contributed by atoms with Crippen molar-refractivity contribution in [3.05, 3.63) is 53.1 Å². The van der Waals surface area contributed by atoms with E-state index in [1.54, 1.807) is 7.11 Å². The molecule has 4 nitrogen and oxygen atoms in total. The van der Waals surface area contributed by atoms with Crippen LogP contribution in [0.25, 0.3) is 0 Å². The largest absolute Gasteiger partial charge is 0.492 e. The first kappa shape index (κ1) is 16.3. The summed E-state index contributed by atoms with van der Waals surface area (Å²) in [6, 6.07) is 13.2. The fourth-order valence-corrected chi connectivity index (χ4v) is 4.03. The van der Waals surface area contributed by atoms with Gasteiger partial charge in [0, 0.05) is 18.2 Å². The molecular formula is C21H25NO3. The number of aryl methyl sites for hydroxylation is 1. The number of benzene rings is 2. The van der Waals surface area contributed by atoms with E-state index in [0.717, 1.165) is 49.5 Å². The Morgan fingerprint density at radius 2 is 2.04 bits per heavy atom. The number of methoxy groups -OCH3 is 1. The van der Waals surface area contributed by atoms with Crippen LogP contribution in [0.5, 0.6) is 17.2 Å². The van der Waals surface area contributed by atoms with Crippen molar-refractivity contribution in [2.24, 2.45) is 0 Å². The third kappa shape index (κ3) is 3.07. The lowest BCUT2D eigenvalue weighted by Gasteiger charge is -2.36. The fourth-order valence-electron chi connectivity index (χ4n) is 4.03. The molecule has 2 aliphatic heterocycles. The molecule has 0 fully saturated rings. The third-order valence-electron chi connectivity index (χ3n) is 5.33. The van der Waals surface area contributed by atoms with E-state index in [0.29, 0.717) is 6.04 Å². The number of nitrogens with zero attached hydrogens (tertiary/aromatic N) is 1. The SMILES string of the molecule is COc1c2c(cc3c1[C@H](CCCc1ccccc1)N(C)CC3)OCO2. The zero-order valence-electron chi connectivity index (χ0n) is 15.0. The standard InChI is InChI=1S/C21H25NO3/c1-22-12-11-16-13-18-20(25-14-24-18)21(23-2)19(16)17(22)10-6-9-15-7-4-3-5-8-15/h3-5,7-8,13,17H,6,9-12,14H2,1-2H3/t17-/m0/s1. The van der Waals surface area contributed by atoms with Crippen LogP contribution in [0.3, 0.4) is 0 Å². The minimum absolute atomic E-state index is 0.281. The summed E-state index contributed by atoms with van der Waals surface area (Å²) in [7, 11) is 3.94. The Hall–Kier alpha value is -2.20. The molecule has 4 rings (SSSR count). The highest BCUT2D eigenvalue weighted by atomic mass is 16.7. The molecular weight excluding hydrogens is 314 g/mol. The van der Waals surface area contributed by atoms with Gasteiger partial charge in [0.15, 0.2) is 11.5 Å². The Balaban J connectivity index is 1.59. The fraction of sp³-hybridized carbons (Fsp3) is 0.429. The summed E-state index contributed by atoms with van der Waals surface area (Å²) < 4.78 is 17.0. The molecule has 2 aromatic carbocycles. The van der Waals surface area contributed by atoms with Gasteiger partial charge in [-0.05, 0) is 49.9 Å². The molecule has 2 aromatic rings. The highest BCUT2D eigenvalue weighted by molar-refractivity contribution is 5.61. The van der Waals surface area contributed by atoms with Gasteiger partial charge in [-0.3, -0.25) is 4.90 Å². The predicted molar refractivity (Wildman–Crippen MR) is 97.6 cm³/mol. The average Bonchev–Trinajstić information content (AvgIpc) is 3.11. The molecule has 132 valence electrons. The summed E-state index contributed by atoms with van der Waals surface area (Å²) in [5.41, 5.74) is 4.02. The Bertz CT molecular complexity index is 745. The molecule has 0 aliphatic carbocycles. The average molecular weight is 339 g/mol. The normalized spacial score (nSPS) is 18.9. The van der Waals surface area contributed by atoms with E-state index in [1.165, 1.54) is 16.7 Å². The molecule has 0 saturated heterocycles. The molecule has 0 aromatic heterocycles. The number of hydrogen-bond donors (Lipinski definition) is 0. The van der Waals surface area contributed by atoms with E-state index in [2.05, 4.69) is 48.3 Å². The second-order valence-corrected chi connectivity index (χ2v) is 6.84. The molecule has 0 bridgehead atoms. The second kappa shape index (κ2) is 6.96. The van der Waals surface area contributed by atoms with Gasteiger partial charge in [-0.2, -0.15) is 0 Å². The molecule has 0 spiro atoms. The van der Waals surface area contributed by atoms with Crippen molar-refractivity contribution in [3.63, 3.8) is 0 Å². The minimum Gasteiger partial charge on any atom is -0.492 e. The summed E-state index contributed by atoms with van der Waals surface area (Å²) in [4.78, 5) is 2.44. The van der Waals surface area contributed by atoms with Gasteiger partial charge in [-0.15, -0.1) is 0 Å². The quantitative estimate of drug-likeness (QED) is 0.824. The van der Waals surface area contributed by atoms with Gasteiger partial charge in [0.05, 0.1) is 7.11 Å². The first-order valence-corrected chi connectivity index (χ1v) is 9.01. The Kier molecular flexibility index (Phi) is 4.53. The zero-order valence-corrected chi connectivity index (χ0v) is 15.0. The van der Waals surface area contributed by atoms with Crippen molar-refractivity contribution in [2.45, 2.75) is 31.7 Å². The summed E-state index contributed by atoms with van der Waals surface area (Å²) in [5, 5.41) is 0. The van der Waals surface area contributed by atoms with Crippen LogP contribution >= 0.6 is 0 Å². The molecule has 0 unspecified atom stereocenters. The molecule has 1 atom stereocenters. The lowest BCUT2D eigenvalue weighted by atomic mass is 9.88. The van der Waals surface area contributed by atoms with E-state index in [9.17, 15) is 0 Å². The molecule has 2 heterocycles. The van der Waals surface area contributed by atoms with Gasteiger partial charge < -0.3 is 14.2 Å². The summed E-state index contributed by atoms with van der Waals surface area (Å²) in [6.07, 6.45) is 4.38. The highest BCUT2D eigenvalue weighted by Gasteiger charge is 2.33. The van der Waals surface area contributed by atoms with Crippen LogP contribution in [0, 0.1) is 0 Å². The Morgan fingerprint density at radius 3 is 2.84 bits per heavy atom. The zero-order chi connectivity index (χ0) is 17.2. The van der Waals surface area contributed by atoms with Crippen molar-refractivity contribution < 1.29 is 14.2 Å². The van der Waals surface area contributed by atoms with Crippen LogP contribution in [0.15, 0.2) is 36.4 Å². The number of hydrogen-bond acceptors (Lipinski definition) is 4. The summed E-state index contributed by atoms with van der Waals surface area (Å²) in [6.45, 7) is 1.34. The van der Waals surface area contributed by atoms with Gasteiger partial charge in [0.25, 0.3) is 0 Å². The third-order valence-corrected chi connectivity index (χ3v) is 5.33. The van der Waals surface area contributed by atoms with E-state index in [4.69, 9.17) is 14.2 Å². The number of likely N-dealkylation sites (N-methyl/N-ethyl adjacent to an activating group) is 1. The van der Waals surface area contributed by atoms with Crippen molar-refractivity contribution in [2.75, 3.05) is 27.5 Å². The maximum absolute atomic E-state index is 5.77. The van der Waals surface area contributed by atoms with E-state index < -0.39 is 0 Å². The Morgan fingerprint density at radius 1 is 1.20 bits per heavy atom. The van der Waals surface area contributed by atoms with E-state index >= 15 is 0 Å². The summed E-state index contributed by atoms with van der Waals surface area (Å²) in [5.74, 6) is 2.45. The number of rotatable bonds is 5. The first-order chi connectivity index (χ1) is 12.3. The van der Waals surface area contributed by atoms with Crippen molar-refractivity contribution in [3.8, 4) is 17.2 Å². The predicted octanol–water partition coefficient (Wildman–Crippen LogP) is 3.98. The lowest BCUT2D eigenvalue weighted by molar-refractivity contribution is 0.170. The van der Waals surface area contributed by atoms with Crippen LogP contribution in [0.4, 0.5) is 0 Å². The van der Waals surface area contributed by atoms with Gasteiger partial charge in [-0.1, -0.05) is 30.3 Å². The monoisotopic (exact) mass is 339 g/mol. The minimum atomic E-state index is 0.281. The maximum atomic E-state index is 5.77. The van der Waals surface area contributed by atoms with Crippen LogP contribution in [0.1, 0.15) is 35.6 Å².